The van der Waals surface area contributed by atoms with Gasteiger partial charge in [-0.1, -0.05) is 6.92 Å². The second-order valence-corrected chi connectivity index (χ2v) is 5.37. The molecule has 0 radical (unpaired) electrons. The molecule has 0 aromatic rings. The van der Waals surface area contributed by atoms with E-state index in [2.05, 4.69) is 24.2 Å². The summed E-state index contributed by atoms with van der Waals surface area (Å²) < 4.78 is 0. The lowest BCUT2D eigenvalue weighted by Gasteiger charge is -2.36. The minimum Gasteiger partial charge on any atom is -0.387 e. The first-order chi connectivity index (χ1) is 6.57. The van der Waals surface area contributed by atoms with Gasteiger partial charge in [-0.05, 0) is 32.2 Å². The fraction of sp³-hybridized carbons (Fsp3) is 1.00. The first kappa shape index (κ1) is 10.4. The van der Waals surface area contributed by atoms with Crippen molar-refractivity contribution in [2.75, 3.05) is 26.7 Å². The third kappa shape index (κ3) is 2.27. The van der Waals surface area contributed by atoms with Crippen LogP contribution >= 0.6 is 0 Å². The van der Waals surface area contributed by atoms with Crippen LogP contribution in [0.1, 0.15) is 26.2 Å². The monoisotopic (exact) mass is 198 g/mol. The van der Waals surface area contributed by atoms with Gasteiger partial charge in [-0.2, -0.15) is 0 Å². The zero-order chi connectivity index (χ0) is 10.2. The van der Waals surface area contributed by atoms with Gasteiger partial charge in [0.2, 0.25) is 0 Å². The highest BCUT2D eigenvalue weighted by Crippen LogP contribution is 2.27. The molecule has 1 atom stereocenters. The highest BCUT2D eigenvalue weighted by Gasteiger charge is 2.35. The molecule has 1 saturated heterocycles. The molecule has 1 saturated carbocycles. The van der Waals surface area contributed by atoms with Gasteiger partial charge in [-0.3, -0.25) is 0 Å². The Bertz CT molecular complexity index is 203. The molecule has 0 aromatic carbocycles. The van der Waals surface area contributed by atoms with E-state index in [0.717, 1.165) is 32.0 Å². The van der Waals surface area contributed by atoms with E-state index in [4.69, 9.17) is 0 Å². The maximum Gasteiger partial charge on any atom is 0.0909 e. The smallest absolute Gasteiger partial charge is 0.0909 e. The summed E-state index contributed by atoms with van der Waals surface area (Å²) in [5.74, 6) is 0.883. The van der Waals surface area contributed by atoms with E-state index < -0.39 is 5.60 Å². The van der Waals surface area contributed by atoms with Crippen LogP contribution in [0.2, 0.25) is 0 Å². The maximum atomic E-state index is 10.2. The zero-order valence-electron chi connectivity index (χ0n) is 9.29. The van der Waals surface area contributed by atoms with Gasteiger partial charge in [0.05, 0.1) is 5.60 Å². The second-order valence-electron chi connectivity index (χ2n) is 5.37. The van der Waals surface area contributed by atoms with Crippen LogP contribution in [0.25, 0.3) is 0 Å². The largest absolute Gasteiger partial charge is 0.387 e. The molecule has 3 heteroatoms. The minimum absolute atomic E-state index is 0.465. The van der Waals surface area contributed by atoms with Crippen molar-refractivity contribution in [1.82, 2.24) is 10.2 Å². The van der Waals surface area contributed by atoms with E-state index in [1.807, 2.05) is 0 Å². The van der Waals surface area contributed by atoms with Gasteiger partial charge in [0.25, 0.3) is 0 Å². The molecule has 82 valence electrons. The lowest BCUT2D eigenvalue weighted by Crippen LogP contribution is -2.49. The van der Waals surface area contributed by atoms with Crippen LogP contribution in [0.15, 0.2) is 0 Å². The Morgan fingerprint density at radius 2 is 2.21 bits per heavy atom. The van der Waals surface area contributed by atoms with Gasteiger partial charge in [-0.25, -0.2) is 0 Å². The molecule has 1 heterocycles. The third-order valence-corrected chi connectivity index (χ3v) is 3.62. The van der Waals surface area contributed by atoms with Crippen molar-refractivity contribution in [3.8, 4) is 0 Å². The summed E-state index contributed by atoms with van der Waals surface area (Å²) in [5.41, 5.74) is -0.465. The van der Waals surface area contributed by atoms with Gasteiger partial charge in [0.15, 0.2) is 0 Å². The van der Waals surface area contributed by atoms with Crippen LogP contribution in [-0.2, 0) is 0 Å². The summed E-state index contributed by atoms with van der Waals surface area (Å²) in [6, 6.07) is 0.667. The Morgan fingerprint density at radius 1 is 1.50 bits per heavy atom. The summed E-state index contributed by atoms with van der Waals surface area (Å²) in [4.78, 5) is 2.20. The predicted molar refractivity (Wildman–Crippen MR) is 57.3 cm³/mol. The Morgan fingerprint density at radius 3 is 2.71 bits per heavy atom. The molecule has 14 heavy (non-hydrogen) atoms. The second kappa shape index (κ2) is 3.80. The van der Waals surface area contributed by atoms with E-state index in [1.165, 1.54) is 12.8 Å². The first-order valence-corrected chi connectivity index (χ1v) is 5.72. The van der Waals surface area contributed by atoms with Crippen LogP contribution in [0.4, 0.5) is 0 Å². The lowest BCUT2D eigenvalue weighted by atomic mass is 9.81. The Hall–Kier alpha value is -0.120. The van der Waals surface area contributed by atoms with E-state index >= 15 is 0 Å². The molecule has 1 aliphatic heterocycles. The number of rotatable bonds is 3. The van der Waals surface area contributed by atoms with Crippen LogP contribution in [0.5, 0.6) is 0 Å². The first-order valence-electron chi connectivity index (χ1n) is 5.72. The van der Waals surface area contributed by atoms with E-state index in [0.29, 0.717) is 6.04 Å². The number of nitrogens with one attached hydrogen (secondary N) is 1. The van der Waals surface area contributed by atoms with Crippen molar-refractivity contribution in [3.05, 3.63) is 0 Å². The molecule has 0 aromatic heterocycles. The van der Waals surface area contributed by atoms with Gasteiger partial charge in [-0.15, -0.1) is 0 Å². The fourth-order valence-corrected chi connectivity index (χ4v) is 2.61. The maximum absolute atomic E-state index is 10.2. The number of likely N-dealkylation sites (N-methyl/N-ethyl adjacent to an activating group) is 1. The normalized spacial score (nSPS) is 43.9. The van der Waals surface area contributed by atoms with E-state index in [-0.39, 0.29) is 0 Å². The van der Waals surface area contributed by atoms with E-state index in [9.17, 15) is 5.11 Å². The van der Waals surface area contributed by atoms with E-state index in [1.54, 1.807) is 0 Å². The van der Waals surface area contributed by atoms with Gasteiger partial charge in [0.1, 0.15) is 0 Å². The SMILES string of the molecule is CC1CC(NCC2(O)CCN(C)C2)C1. The van der Waals surface area contributed by atoms with Crippen molar-refractivity contribution in [2.45, 2.75) is 37.8 Å². The molecule has 0 spiro atoms. The molecule has 2 rings (SSSR count). The van der Waals surface area contributed by atoms with Crippen LogP contribution in [-0.4, -0.2) is 48.3 Å². The Kier molecular flexibility index (Phi) is 2.82. The molecule has 2 N–H and O–H groups in total. The Balaban J connectivity index is 1.70. The van der Waals surface area contributed by atoms with Crippen LogP contribution in [0.3, 0.4) is 0 Å². The number of aliphatic hydroxyl groups is 1. The van der Waals surface area contributed by atoms with Crippen molar-refractivity contribution in [1.29, 1.82) is 0 Å². The summed E-state index contributed by atoms with van der Waals surface area (Å²) in [5, 5.41) is 13.7. The average Bonchev–Trinajstić information content (AvgIpc) is 2.39. The number of hydrogen-bond acceptors (Lipinski definition) is 3. The van der Waals surface area contributed by atoms with Crippen LogP contribution < -0.4 is 5.32 Å². The fourth-order valence-electron chi connectivity index (χ4n) is 2.61. The zero-order valence-corrected chi connectivity index (χ0v) is 9.29. The summed E-state index contributed by atoms with van der Waals surface area (Å²) in [7, 11) is 2.07. The minimum atomic E-state index is -0.465. The number of β-amino-alcohol motifs (C(OH)–C–C–N with tert-alkyl or cyclic N) is 1. The molecule has 0 bridgehead atoms. The van der Waals surface area contributed by atoms with Crippen molar-refractivity contribution in [2.24, 2.45) is 5.92 Å². The third-order valence-electron chi connectivity index (χ3n) is 3.62. The summed E-state index contributed by atoms with van der Waals surface area (Å²) in [6.45, 7) is 4.91. The standard InChI is InChI=1S/C11H22N2O/c1-9-5-10(6-9)12-7-11(14)3-4-13(2)8-11/h9-10,12,14H,3-8H2,1-2H3. The summed E-state index contributed by atoms with van der Waals surface area (Å²) in [6.07, 6.45) is 3.48. The van der Waals surface area contributed by atoms with Gasteiger partial charge in [0, 0.05) is 25.7 Å². The topological polar surface area (TPSA) is 35.5 Å². The van der Waals surface area contributed by atoms with Gasteiger partial charge >= 0.3 is 0 Å². The number of likely N-dealkylation sites (tertiary alicyclic amines) is 1. The lowest BCUT2D eigenvalue weighted by molar-refractivity contribution is 0.0428. The molecule has 2 aliphatic rings. The molecule has 0 amide bonds. The Labute approximate surface area is 86.5 Å². The van der Waals surface area contributed by atoms with Crippen LogP contribution in [0, 0.1) is 5.92 Å². The summed E-state index contributed by atoms with van der Waals surface area (Å²) >= 11 is 0. The molecule has 1 unspecified atom stereocenters. The molecule has 3 nitrogen and oxygen atoms in total. The predicted octanol–water partition coefficient (Wildman–Crippen LogP) is 0.441. The number of hydrogen-bond donors (Lipinski definition) is 2. The van der Waals surface area contributed by atoms with Crippen molar-refractivity contribution in [3.63, 3.8) is 0 Å². The van der Waals surface area contributed by atoms with Crippen molar-refractivity contribution < 1.29 is 5.11 Å². The molecule has 1 aliphatic carbocycles. The molecular formula is C11H22N2O. The van der Waals surface area contributed by atoms with Crippen molar-refractivity contribution >= 4 is 0 Å². The number of nitrogens with zero attached hydrogens (tertiary/aromatic N) is 1. The average molecular weight is 198 g/mol. The molecule has 2 fully saturated rings. The quantitative estimate of drug-likeness (QED) is 0.691. The highest BCUT2D eigenvalue weighted by atomic mass is 16.3. The highest BCUT2D eigenvalue weighted by molar-refractivity contribution is 4.93. The van der Waals surface area contributed by atoms with Gasteiger partial charge < -0.3 is 15.3 Å². The molecular weight excluding hydrogens is 176 g/mol.